The van der Waals surface area contributed by atoms with Crippen LogP contribution in [0.5, 0.6) is 0 Å². The minimum Gasteiger partial charge on any atom is -0.354 e. The van der Waals surface area contributed by atoms with Crippen molar-refractivity contribution in [1.29, 1.82) is 0 Å². The molecule has 1 aliphatic rings. The van der Waals surface area contributed by atoms with Gasteiger partial charge in [0.1, 0.15) is 5.82 Å². The van der Waals surface area contributed by atoms with Gasteiger partial charge in [-0.1, -0.05) is 33.3 Å². The van der Waals surface area contributed by atoms with Crippen LogP contribution in [-0.4, -0.2) is 24.1 Å². The molecule has 118 valence electrons. The Morgan fingerprint density at radius 3 is 2.86 bits per heavy atom. The first-order valence-corrected chi connectivity index (χ1v) is 8.63. The van der Waals surface area contributed by atoms with Gasteiger partial charge in [0.15, 0.2) is 0 Å². The maximum atomic E-state index is 4.72. The zero-order valence-electron chi connectivity index (χ0n) is 13.9. The summed E-state index contributed by atoms with van der Waals surface area (Å²) in [7, 11) is 0. The topological polar surface area (TPSA) is 28.2 Å². The number of anilines is 1. The fourth-order valence-corrected chi connectivity index (χ4v) is 3.13. The SMILES string of the molecule is CCCC1CCCCN1c1ccc(CNCC(C)C)cn1. The predicted molar refractivity (Wildman–Crippen MR) is 90.7 cm³/mol. The molecular formula is C18H31N3. The third kappa shape index (κ3) is 4.99. The second-order valence-electron chi connectivity index (χ2n) is 6.68. The first kappa shape index (κ1) is 16.3. The normalized spacial score (nSPS) is 19.2. The molecule has 1 aliphatic heterocycles. The van der Waals surface area contributed by atoms with E-state index in [1.54, 1.807) is 0 Å². The van der Waals surface area contributed by atoms with E-state index in [-0.39, 0.29) is 0 Å². The van der Waals surface area contributed by atoms with Crippen molar-refractivity contribution < 1.29 is 0 Å². The third-order valence-electron chi connectivity index (χ3n) is 4.23. The van der Waals surface area contributed by atoms with E-state index >= 15 is 0 Å². The summed E-state index contributed by atoms with van der Waals surface area (Å²) < 4.78 is 0. The molecule has 0 radical (unpaired) electrons. The number of piperidine rings is 1. The highest BCUT2D eigenvalue weighted by Crippen LogP contribution is 2.25. The molecule has 1 aromatic heterocycles. The standard InChI is InChI=1S/C18H31N3/c1-4-7-17-8-5-6-11-21(17)18-10-9-16(14-20-18)13-19-12-15(2)3/h9-10,14-15,17,19H,4-8,11-13H2,1-3H3. The Bertz CT molecular complexity index is 397. The van der Waals surface area contributed by atoms with Gasteiger partial charge in [0.05, 0.1) is 0 Å². The van der Waals surface area contributed by atoms with Crippen LogP contribution in [0.3, 0.4) is 0 Å². The highest BCUT2D eigenvalue weighted by molar-refractivity contribution is 5.41. The Kier molecular flexibility index (Phi) is 6.50. The van der Waals surface area contributed by atoms with Crippen LogP contribution in [0, 0.1) is 5.92 Å². The number of aromatic nitrogens is 1. The molecule has 1 aromatic rings. The van der Waals surface area contributed by atoms with Gasteiger partial charge in [-0.3, -0.25) is 0 Å². The number of nitrogens with zero attached hydrogens (tertiary/aromatic N) is 2. The van der Waals surface area contributed by atoms with E-state index < -0.39 is 0 Å². The van der Waals surface area contributed by atoms with Crippen molar-refractivity contribution >= 4 is 5.82 Å². The molecule has 3 heteroatoms. The van der Waals surface area contributed by atoms with Crippen LogP contribution in [0.15, 0.2) is 18.3 Å². The van der Waals surface area contributed by atoms with Crippen LogP contribution in [0.25, 0.3) is 0 Å². The molecule has 2 heterocycles. The van der Waals surface area contributed by atoms with E-state index in [0.717, 1.165) is 13.1 Å². The van der Waals surface area contributed by atoms with Gasteiger partial charge < -0.3 is 10.2 Å². The molecule has 0 spiro atoms. The molecule has 21 heavy (non-hydrogen) atoms. The Morgan fingerprint density at radius 2 is 2.19 bits per heavy atom. The summed E-state index contributed by atoms with van der Waals surface area (Å²) in [5, 5.41) is 3.48. The summed E-state index contributed by atoms with van der Waals surface area (Å²) >= 11 is 0. The predicted octanol–water partition coefficient (Wildman–Crippen LogP) is 3.99. The van der Waals surface area contributed by atoms with E-state index in [1.807, 2.05) is 6.20 Å². The van der Waals surface area contributed by atoms with E-state index in [4.69, 9.17) is 4.98 Å². The molecule has 0 saturated carbocycles. The molecule has 0 aliphatic carbocycles. The Morgan fingerprint density at radius 1 is 1.33 bits per heavy atom. The maximum absolute atomic E-state index is 4.72. The van der Waals surface area contributed by atoms with Crippen molar-refractivity contribution in [3.05, 3.63) is 23.9 Å². The maximum Gasteiger partial charge on any atom is 0.128 e. The average Bonchev–Trinajstić information content (AvgIpc) is 2.49. The highest BCUT2D eigenvalue weighted by Gasteiger charge is 2.22. The number of nitrogens with one attached hydrogen (secondary N) is 1. The molecule has 1 N–H and O–H groups in total. The van der Waals surface area contributed by atoms with Crippen molar-refractivity contribution in [3.63, 3.8) is 0 Å². The molecule has 0 bridgehead atoms. The molecule has 3 nitrogen and oxygen atoms in total. The Labute approximate surface area is 130 Å². The van der Waals surface area contributed by atoms with E-state index in [2.05, 4.69) is 43.1 Å². The summed E-state index contributed by atoms with van der Waals surface area (Å²) in [5.74, 6) is 1.86. The van der Waals surface area contributed by atoms with Gasteiger partial charge in [0.25, 0.3) is 0 Å². The van der Waals surface area contributed by atoms with E-state index in [1.165, 1.54) is 50.0 Å². The first-order valence-electron chi connectivity index (χ1n) is 8.63. The minimum atomic E-state index is 0.695. The lowest BCUT2D eigenvalue weighted by molar-refractivity contribution is 0.432. The average molecular weight is 289 g/mol. The lowest BCUT2D eigenvalue weighted by Crippen LogP contribution is -2.40. The number of pyridine rings is 1. The zero-order chi connectivity index (χ0) is 15.1. The second-order valence-corrected chi connectivity index (χ2v) is 6.68. The Balaban J connectivity index is 1.93. The van der Waals surface area contributed by atoms with Crippen molar-refractivity contribution in [2.75, 3.05) is 18.0 Å². The molecule has 1 unspecified atom stereocenters. The summed E-state index contributed by atoms with van der Waals surface area (Å²) in [6.45, 7) is 9.90. The van der Waals surface area contributed by atoms with Crippen LogP contribution >= 0.6 is 0 Å². The van der Waals surface area contributed by atoms with Crippen LogP contribution in [0.4, 0.5) is 5.82 Å². The van der Waals surface area contributed by atoms with Crippen LogP contribution in [0.1, 0.15) is 58.4 Å². The van der Waals surface area contributed by atoms with Gasteiger partial charge >= 0.3 is 0 Å². The quantitative estimate of drug-likeness (QED) is 0.822. The third-order valence-corrected chi connectivity index (χ3v) is 4.23. The fraction of sp³-hybridized carbons (Fsp3) is 0.722. The Hall–Kier alpha value is -1.09. The first-order chi connectivity index (χ1) is 10.2. The summed E-state index contributed by atoms with van der Waals surface area (Å²) in [4.78, 5) is 7.24. The monoisotopic (exact) mass is 289 g/mol. The lowest BCUT2D eigenvalue weighted by atomic mass is 9.98. The zero-order valence-corrected chi connectivity index (χ0v) is 13.9. The van der Waals surface area contributed by atoms with Gasteiger partial charge in [0.2, 0.25) is 0 Å². The van der Waals surface area contributed by atoms with Crippen LogP contribution < -0.4 is 10.2 Å². The van der Waals surface area contributed by atoms with Gasteiger partial charge in [-0.15, -0.1) is 0 Å². The molecule has 0 aromatic carbocycles. The van der Waals surface area contributed by atoms with Crippen molar-refractivity contribution in [2.24, 2.45) is 5.92 Å². The summed E-state index contributed by atoms with van der Waals surface area (Å²) in [6, 6.07) is 5.13. The van der Waals surface area contributed by atoms with Crippen molar-refractivity contribution in [3.8, 4) is 0 Å². The van der Waals surface area contributed by atoms with Crippen LogP contribution in [0.2, 0.25) is 0 Å². The molecular weight excluding hydrogens is 258 g/mol. The smallest absolute Gasteiger partial charge is 0.128 e. The number of rotatable bonds is 7. The molecule has 0 amide bonds. The van der Waals surface area contributed by atoms with Gasteiger partial charge in [-0.25, -0.2) is 4.98 Å². The number of hydrogen-bond donors (Lipinski definition) is 1. The van der Waals surface area contributed by atoms with Crippen LogP contribution in [-0.2, 0) is 6.54 Å². The van der Waals surface area contributed by atoms with E-state index in [0.29, 0.717) is 12.0 Å². The minimum absolute atomic E-state index is 0.695. The molecule has 1 atom stereocenters. The summed E-state index contributed by atoms with van der Waals surface area (Å²) in [5.41, 5.74) is 1.28. The van der Waals surface area contributed by atoms with E-state index in [9.17, 15) is 0 Å². The van der Waals surface area contributed by atoms with Gasteiger partial charge in [-0.05, 0) is 49.8 Å². The number of hydrogen-bond acceptors (Lipinski definition) is 3. The summed E-state index contributed by atoms with van der Waals surface area (Å²) in [6.07, 6.45) is 8.60. The molecule has 2 rings (SSSR count). The highest BCUT2D eigenvalue weighted by atomic mass is 15.2. The molecule has 1 saturated heterocycles. The molecule has 1 fully saturated rings. The lowest BCUT2D eigenvalue weighted by Gasteiger charge is -2.36. The second kappa shape index (κ2) is 8.38. The van der Waals surface area contributed by atoms with Crippen molar-refractivity contribution in [1.82, 2.24) is 10.3 Å². The van der Waals surface area contributed by atoms with Crippen molar-refractivity contribution in [2.45, 2.75) is 65.5 Å². The fourth-order valence-electron chi connectivity index (χ4n) is 3.13. The van der Waals surface area contributed by atoms with Gasteiger partial charge in [0, 0.05) is 25.3 Å². The van der Waals surface area contributed by atoms with Gasteiger partial charge in [-0.2, -0.15) is 0 Å². The largest absolute Gasteiger partial charge is 0.354 e.